The number of nitrogens with zero attached hydrogens (tertiary/aromatic N) is 1. The van der Waals surface area contributed by atoms with Crippen LogP contribution in [0.1, 0.15) is 29.7 Å². The number of imide groups is 1. The summed E-state index contributed by atoms with van der Waals surface area (Å²) in [5.74, 6) is -3.44. The Balaban J connectivity index is 1.37. The van der Waals surface area contributed by atoms with Crippen molar-refractivity contribution in [3.8, 4) is 11.1 Å². The van der Waals surface area contributed by atoms with Crippen LogP contribution in [0.3, 0.4) is 0 Å². The minimum absolute atomic E-state index is 0.0845. The highest BCUT2D eigenvalue weighted by Gasteiger charge is 2.50. The molecule has 1 fully saturated rings. The molecule has 1 aliphatic carbocycles. The number of hydrogen-bond donors (Lipinski definition) is 2. The minimum Gasteiger partial charge on any atom is -0.344 e. The van der Waals surface area contributed by atoms with E-state index >= 15 is 0 Å². The number of hydrogen-bond acceptors (Lipinski definition) is 3. The van der Waals surface area contributed by atoms with Gasteiger partial charge < -0.3 is 10.6 Å². The van der Waals surface area contributed by atoms with Crippen LogP contribution < -0.4 is 10.6 Å². The van der Waals surface area contributed by atoms with Crippen LogP contribution in [0.5, 0.6) is 0 Å². The average Bonchev–Trinajstić information content (AvgIpc) is 3.23. The van der Waals surface area contributed by atoms with Crippen molar-refractivity contribution in [3.63, 3.8) is 0 Å². The molecule has 1 atom stereocenters. The van der Waals surface area contributed by atoms with Gasteiger partial charge in [0, 0.05) is 0 Å². The standard InChI is InChI=1S/C25H19F2N3O3/c1-25(14-10-11-19(26)20(27)12-14)23(32)30(24(33)29-25)13-21(31)28-22-17-8-4-2-6-15(17)16-7-3-5-9-18(16)22/h2-12,22H,13H2,1H3,(H,28,31)(H,29,33). The zero-order valence-electron chi connectivity index (χ0n) is 17.6. The lowest BCUT2D eigenvalue weighted by Gasteiger charge is -2.22. The van der Waals surface area contributed by atoms with E-state index in [1.165, 1.54) is 13.0 Å². The van der Waals surface area contributed by atoms with Crippen molar-refractivity contribution in [2.24, 2.45) is 0 Å². The fourth-order valence-corrected chi connectivity index (χ4v) is 4.50. The van der Waals surface area contributed by atoms with Gasteiger partial charge in [-0.3, -0.25) is 14.5 Å². The zero-order valence-corrected chi connectivity index (χ0v) is 17.6. The predicted molar refractivity (Wildman–Crippen MR) is 116 cm³/mol. The molecule has 5 rings (SSSR count). The van der Waals surface area contributed by atoms with Crippen LogP contribution in [-0.2, 0) is 15.1 Å². The van der Waals surface area contributed by atoms with Gasteiger partial charge in [0.1, 0.15) is 12.1 Å². The first-order chi connectivity index (χ1) is 15.8. The molecule has 33 heavy (non-hydrogen) atoms. The predicted octanol–water partition coefficient (Wildman–Crippen LogP) is 3.62. The van der Waals surface area contributed by atoms with E-state index in [1.54, 1.807) is 0 Å². The molecule has 0 bridgehead atoms. The number of benzene rings is 3. The smallest absolute Gasteiger partial charge is 0.325 e. The molecule has 6 nitrogen and oxygen atoms in total. The highest BCUT2D eigenvalue weighted by Crippen LogP contribution is 2.43. The molecule has 0 radical (unpaired) electrons. The van der Waals surface area contributed by atoms with Gasteiger partial charge in [0.05, 0.1) is 6.04 Å². The van der Waals surface area contributed by atoms with Crippen molar-refractivity contribution in [1.82, 2.24) is 15.5 Å². The van der Waals surface area contributed by atoms with E-state index in [9.17, 15) is 23.2 Å². The van der Waals surface area contributed by atoms with Crippen molar-refractivity contribution >= 4 is 17.8 Å². The summed E-state index contributed by atoms with van der Waals surface area (Å²) >= 11 is 0. The maximum atomic E-state index is 13.7. The van der Waals surface area contributed by atoms with E-state index in [2.05, 4.69) is 10.6 Å². The lowest BCUT2D eigenvalue weighted by molar-refractivity contribution is -0.135. The van der Waals surface area contributed by atoms with Crippen molar-refractivity contribution < 1.29 is 23.2 Å². The van der Waals surface area contributed by atoms with Gasteiger partial charge in [0.15, 0.2) is 11.6 Å². The Kier molecular flexibility index (Phi) is 4.74. The second kappa shape index (κ2) is 7.51. The largest absolute Gasteiger partial charge is 0.344 e. The summed E-state index contributed by atoms with van der Waals surface area (Å²) < 4.78 is 27.1. The van der Waals surface area contributed by atoms with Crippen LogP contribution >= 0.6 is 0 Å². The van der Waals surface area contributed by atoms with Crippen LogP contribution in [0.25, 0.3) is 11.1 Å². The van der Waals surface area contributed by atoms with Gasteiger partial charge in [-0.25, -0.2) is 13.6 Å². The molecular formula is C25H19F2N3O3. The Hall–Kier alpha value is -4.07. The molecule has 1 heterocycles. The average molecular weight is 447 g/mol. The van der Waals surface area contributed by atoms with Crippen LogP contribution in [0.2, 0.25) is 0 Å². The number of fused-ring (bicyclic) bond motifs is 3. The second-order valence-corrected chi connectivity index (χ2v) is 8.25. The Morgan fingerprint density at radius 1 is 0.970 bits per heavy atom. The third-order valence-corrected chi connectivity index (χ3v) is 6.21. The molecule has 1 unspecified atom stereocenters. The number of carbonyl (C=O) groups excluding carboxylic acids is 3. The van der Waals surface area contributed by atoms with E-state index in [1.807, 2.05) is 48.5 Å². The summed E-state index contributed by atoms with van der Waals surface area (Å²) in [5, 5.41) is 5.41. The SMILES string of the molecule is CC1(c2ccc(F)c(F)c2)NC(=O)N(CC(=O)NC2c3ccccc3-c3ccccc32)C1=O. The molecule has 0 spiro atoms. The number of nitrogens with one attached hydrogen (secondary N) is 2. The summed E-state index contributed by atoms with van der Waals surface area (Å²) in [6.45, 7) is 0.881. The maximum absolute atomic E-state index is 13.7. The molecule has 2 aliphatic rings. The first-order valence-corrected chi connectivity index (χ1v) is 10.4. The van der Waals surface area contributed by atoms with Gasteiger partial charge in [-0.05, 0) is 46.9 Å². The molecule has 8 heteroatoms. The van der Waals surface area contributed by atoms with Crippen molar-refractivity contribution in [1.29, 1.82) is 0 Å². The fraction of sp³-hybridized carbons (Fsp3) is 0.160. The van der Waals surface area contributed by atoms with Crippen LogP contribution in [-0.4, -0.2) is 29.3 Å². The topological polar surface area (TPSA) is 78.5 Å². The van der Waals surface area contributed by atoms with Gasteiger partial charge in [0.25, 0.3) is 5.91 Å². The fourth-order valence-electron chi connectivity index (χ4n) is 4.50. The quantitative estimate of drug-likeness (QED) is 0.600. The highest BCUT2D eigenvalue weighted by molar-refractivity contribution is 6.09. The zero-order chi connectivity index (χ0) is 23.3. The number of amides is 4. The first-order valence-electron chi connectivity index (χ1n) is 10.4. The van der Waals surface area contributed by atoms with Gasteiger partial charge in [-0.2, -0.15) is 0 Å². The molecule has 2 N–H and O–H groups in total. The third kappa shape index (κ3) is 3.26. The van der Waals surface area contributed by atoms with Crippen LogP contribution in [0.4, 0.5) is 13.6 Å². The Morgan fingerprint density at radius 2 is 1.58 bits per heavy atom. The van der Waals surface area contributed by atoms with Crippen molar-refractivity contribution in [2.75, 3.05) is 6.54 Å². The van der Waals surface area contributed by atoms with Gasteiger partial charge in [-0.1, -0.05) is 54.6 Å². The Bertz CT molecular complexity index is 1280. The number of carbonyl (C=O) groups is 3. The van der Waals surface area contributed by atoms with Crippen LogP contribution in [0.15, 0.2) is 66.7 Å². The van der Waals surface area contributed by atoms with Crippen LogP contribution in [0, 0.1) is 11.6 Å². The molecular weight excluding hydrogens is 428 g/mol. The maximum Gasteiger partial charge on any atom is 0.325 e. The van der Waals surface area contributed by atoms with Gasteiger partial charge in [-0.15, -0.1) is 0 Å². The molecule has 1 aliphatic heterocycles. The van der Waals surface area contributed by atoms with E-state index in [4.69, 9.17) is 0 Å². The van der Waals surface area contributed by atoms with E-state index < -0.39 is 47.6 Å². The number of urea groups is 1. The first kappa shape index (κ1) is 20.8. The molecule has 0 aromatic heterocycles. The van der Waals surface area contributed by atoms with E-state index in [0.29, 0.717) is 0 Å². The van der Waals surface area contributed by atoms with Crippen molar-refractivity contribution in [2.45, 2.75) is 18.5 Å². The third-order valence-electron chi connectivity index (χ3n) is 6.21. The second-order valence-electron chi connectivity index (χ2n) is 8.25. The molecule has 1 saturated heterocycles. The molecule has 0 saturated carbocycles. The van der Waals surface area contributed by atoms with E-state index in [-0.39, 0.29) is 5.56 Å². The summed E-state index contributed by atoms with van der Waals surface area (Å²) in [5.41, 5.74) is 2.35. The molecule has 3 aromatic carbocycles. The summed E-state index contributed by atoms with van der Waals surface area (Å²) in [6.07, 6.45) is 0. The Labute approximate surface area is 188 Å². The normalized spacial score (nSPS) is 19.3. The Morgan fingerprint density at radius 3 is 2.18 bits per heavy atom. The molecule has 4 amide bonds. The number of rotatable bonds is 4. The summed E-state index contributed by atoms with van der Waals surface area (Å²) in [4.78, 5) is 39.3. The van der Waals surface area contributed by atoms with Gasteiger partial charge in [0.2, 0.25) is 5.91 Å². The summed E-state index contributed by atoms with van der Waals surface area (Å²) in [6, 6.07) is 17.2. The van der Waals surface area contributed by atoms with Crippen molar-refractivity contribution in [3.05, 3.63) is 95.1 Å². The summed E-state index contributed by atoms with van der Waals surface area (Å²) in [7, 11) is 0. The monoisotopic (exact) mass is 447 g/mol. The molecule has 3 aromatic rings. The number of halogens is 2. The lowest BCUT2D eigenvalue weighted by Crippen LogP contribution is -2.43. The highest BCUT2D eigenvalue weighted by atomic mass is 19.2. The molecule has 166 valence electrons. The lowest BCUT2D eigenvalue weighted by atomic mass is 9.92. The minimum atomic E-state index is -1.61. The van der Waals surface area contributed by atoms with Gasteiger partial charge >= 0.3 is 6.03 Å². The van der Waals surface area contributed by atoms with E-state index in [0.717, 1.165) is 39.3 Å².